The molecule has 4 rings (SSSR count). The summed E-state index contributed by atoms with van der Waals surface area (Å²) in [5, 5.41) is 18.8. The van der Waals surface area contributed by atoms with Crippen LogP contribution in [0, 0.1) is 22.7 Å². The Labute approximate surface area is 135 Å². The molecule has 0 atom stereocenters. The SMILES string of the molecule is N#CC1=CCC(C#N)=C2C=C1CCc1ccc(cc1)CCC2=O. The lowest BCUT2D eigenvalue weighted by molar-refractivity contribution is -0.115. The summed E-state index contributed by atoms with van der Waals surface area (Å²) < 4.78 is 0. The number of allylic oxidation sites excluding steroid dienone is 6. The van der Waals surface area contributed by atoms with Crippen molar-refractivity contribution in [1.82, 2.24) is 0 Å². The normalized spacial score (nSPS) is 17.9. The van der Waals surface area contributed by atoms with Gasteiger partial charge in [-0.05, 0) is 42.0 Å². The molecule has 1 aromatic carbocycles. The van der Waals surface area contributed by atoms with Crippen molar-refractivity contribution in [1.29, 1.82) is 10.5 Å². The number of nitrogens with zero attached hydrogens (tertiary/aromatic N) is 2. The van der Waals surface area contributed by atoms with Gasteiger partial charge in [0, 0.05) is 24.0 Å². The van der Waals surface area contributed by atoms with Gasteiger partial charge in [-0.2, -0.15) is 10.5 Å². The second kappa shape index (κ2) is 6.46. The average Bonchev–Trinajstić information content (AvgIpc) is 2.76. The van der Waals surface area contributed by atoms with E-state index in [2.05, 4.69) is 36.4 Å². The van der Waals surface area contributed by atoms with E-state index in [4.69, 9.17) is 0 Å². The molecule has 0 amide bonds. The van der Waals surface area contributed by atoms with Crippen molar-refractivity contribution in [3.05, 3.63) is 69.8 Å². The zero-order valence-corrected chi connectivity index (χ0v) is 12.8. The predicted molar refractivity (Wildman–Crippen MR) is 87.1 cm³/mol. The van der Waals surface area contributed by atoms with Crippen molar-refractivity contribution in [3.63, 3.8) is 0 Å². The zero-order chi connectivity index (χ0) is 16.2. The Hall–Kier alpha value is -2.91. The van der Waals surface area contributed by atoms with E-state index in [1.807, 2.05) is 0 Å². The Kier molecular flexibility index (Phi) is 4.22. The number of benzene rings is 1. The topological polar surface area (TPSA) is 64.7 Å². The lowest BCUT2D eigenvalue weighted by atomic mass is 9.92. The largest absolute Gasteiger partial charge is 0.294 e. The third kappa shape index (κ3) is 3.15. The molecule has 0 saturated carbocycles. The van der Waals surface area contributed by atoms with Gasteiger partial charge in [0.15, 0.2) is 5.78 Å². The molecule has 0 heterocycles. The van der Waals surface area contributed by atoms with Gasteiger partial charge in [-0.1, -0.05) is 30.3 Å². The van der Waals surface area contributed by atoms with E-state index < -0.39 is 0 Å². The molecule has 0 aliphatic heterocycles. The molecule has 0 spiro atoms. The summed E-state index contributed by atoms with van der Waals surface area (Å²) >= 11 is 0. The smallest absolute Gasteiger partial charge is 0.164 e. The van der Waals surface area contributed by atoms with Crippen LogP contribution in [0.5, 0.6) is 0 Å². The number of ketones is 1. The van der Waals surface area contributed by atoms with Gasteiger partial charge >= 0.3 is 0 Å². The number of aryl methyl sites for hydroxylation is 2. The second-order valence-corrected chi connectivity index (χ2v) is 5.85. The number of fused-ring (bicyclic) bond motifs is 5. The number of carbonyl (C=O) groups excluding carboxylic acids is 1. The van der Waals surface area contributed by atoms with E-state index in [0.29, 0.717) is 42.4 Å². The second-order valence-electron chi connectivity index (χ2n) is 5.85. The Morgan fingerprint density at radius 2 is 1.52 bits per heavy atom. The Morgan fingerprint density at radius 3 is 2.13 bits per heavy atom. The lowest BCUT2D eigenvalue weighted by Gasteiger charge is -2.10. The van der Waals surface area contributed by atoms with Crippen LogP contribution in [0.15, 0.2) is 58.7 Å². The number of nitriles is 2. The van der Waals surface area contributed by atoms with Crippen molar-refractivity contribution in [2.45, 2.75) is 32.1 Å². The van der Waals surface area contributed by atoms with Crippen LogP contribution >= 0.6 is 0 Å². The van der Waals surface area contributed by atoms with E-state index in [-0.39, 0.29) is 5.78 Å². The fourth-order valence-electron chi connectivity index (χ4n) is 3.01. The van der Waals surface area contributed by atoms with Crippen molar-refractivity contribution in [3.8, 4) is 12.1 Å². The van der Waals surface area contributed by atoms with Crippen LogP contribution in [0.25, 0.3) is 0 Å². The van der Waals surface area contributed by atoms with Crippen molar-refractivity contribution < 1.29 is 4.79 Å². The number of carbonyl (C=O) groups is 1. The molecule has 3 heteroatoms. The minimum atomic E-state index is -0.0173. The van der Waals surface area contributed by atoms with Crippen LogP contribution in [0.1, 0.15) is 30.4 Å². The van der Waals surface area contributed by atoms with Crippen molar-refractivity contribution >= 4 is 5.78 Å². The summed E-state index contributed by atoms with van der Waals surface area (Å²) in [7, 11) is 0. The molecule has 3 aliphatic rings. The van der Waals surface area contributed by atoms with Gasteiger partial charge in [0.2, 0.25) is 0 Å². The maximum absolute atomic E-state index is 12.6. The zero-order valence-electron chi connectivity index (χ0n) is 12.8. The van der Waals surface area contributed by atoms with Gasteiger partial charge in [0.1, 0.15) is 0 Å². The quantitative estimate of drug-likeness (QED) is 0.733. The van der Waals surface area contributed by atoms with Crippen LogP contribution in [0.3, 0.4) is 0 Å². The minimum Gasteiger partial charge on any atom is -0.294 e. The summed E-state index contributed by atoms with van der Waals surface area (Å²) in [6.45, 7) is 0. The molecule has 23 heavy (non-hydrogen) atoms. The van der Waals surface area contributed by atoms with Crippen molar-refractivity contribution in [2.24, 2.45) is 0 Å². The number of rotatable bonds is 0. The van der Waals surface area contributed by atoms with Gasteiger partial charge in [0.25, 0.3) is 0 Å². The fraction of sp³-hybridized carbons (Fsp3) is 0.250. The first kappa shape index (κ1) is 15.0. The first-order valence-electron chi connectivity index (χ1n) is 7.76. The maximum atomic E-state index is 12.6. The summed E-state index contributed by atoms with van der Waals surface area (Å²) in [6, 6.07) is 12.6. The van der Waals surface area contributed by atoms with E-state index in [1.54, 1.807) is 12.2 Å². The third-order valence-corrected chi connectivity index (χ3v) is 4.40. The van der Waals surface area contributed by atoms with E-state index in [1.165, 1.54) is 5.56 Å². The fourth-order valence-corrected chi connectivity index (χ4v) is 3.01. The summed E-state index contributed by atoms with van der Waals surface area (Å²) in [4.78, 5) is 12.6. The predicted octanol–water partition coefficient (Wildman–Crippen LogP) is 3.73. The number of hydrogen-bond acceptors (Lipinski definition) is 3. The van der Waals surface area contributed by atoms with Gasteiger partial charge in [0.05, 0.1) is 17.7 Å². The first-order valence-corrected chi connectivity index (χ1v) is 7.76. The van der Waals surface area contributed by atoms with Gasteiger partial charge in [-0.25, -0.2) is 0 Å². The first-order chi connectivity index (χ1) is 11.2. The highest BCUT2D eigenvalue weighted by Crippen LogP contribution is 2.28. The molecule has 0 aromatic heterocycles. The monoisotopic (exact) mass is 300 g/mol. The van der Waals surface area contributed by atoms with E-state index in [0.717, 1.165) is 17.6 Å². The van der Waals surface area contributed by atoms with E-state index >= 15 is 0 Å². The molecular formula is C20H16N2O. The Morgan fingerprint density at radius 1 is 0.870 bits per heavy atom. The molecule has 0 radical (unpaired) electrons. The number of hydrogen-bond donors (Lipinski definition) is 0. The van der Waals surface area contributed by atoms with Crippen LogP contribution in [0.4, 0.5) is 0 Å². The third-order valence-electron chi connectivity index (χ3n) is 4.40. The highest BCUT2D eigenvalue weighted by atomic mass is 16.1. The number of Topliss-reactive ketones (excluding diaryl/α,β-unsaturated/α-hetero) is 1. The lowest BCUT2D eigenvalue weighted by Crippen LogP contribution is -2.07. The van der Waals surface area contributed by atoms with Crippen molar-refractivity contribution in [2.75, 3.05) is 0 Å². The van der Waals surface area contributed by atoms with Gasteiger partial charge in [-0.3, -0.25) is 4.79 Å². The minimum absolute atomic E-state index is 0.0173. The molecule has 0 unspecified atom stereocenters. The molecule has 3 aliphatic carbocycles. The molecule has 0 N–H and O–H groups in total. The molecule has 1 aromatic rings. The molecule has 0 fully saturated rings. The molecular weight excluding hydrogens is 284 g/mol. The Bertz CT molecular complexity index is 824. The molecule has 3 nitrogen and oxygen atoms in total. The van der Waals surface area contributed by atoms with Crippen LogP contribution < -0.4 is 0 Å². The van der Waals surface area contributed by atoms with Gasteiger partial charge in [-0.15, -0.1) is 0 Å². The molecule has 4 bridgehead atoms. The maximum Gasteiger partial charge on any atom is 0.164 e. The molecule has 112 valence electrons. The summed E-state index contributed by atoms with van der Waals surface area (Å²) in [5.74, 6) is -0.0173. The van der Waals surface area contributed by atoms with Crippen LogP contribution in [-0.2, 0) is 17.6 Å². The van der Waals surface area contributed by atoms with E-state index in [9.17, 15) is 15.3 Å². The standard InChI is InChI=1S/C20H16N2O/c21-12-17-8-9-18(13-22)19-11-16(17)7-5-14-1-3-15(4-2-14)6-10-20(19)23/h1-4,8,11H,5-7,9-10H2. The Balaban J connectivity index is 2.09. The van der Waals surface area contributed by atoms with Gasteiger partial charge < -0.3 is 0 Å². The highest BCUT2D eigenvalue weighted by Gasteiger charge is 2.19. The van der Waals surface area contributed by atoms with Crippen LogP contribution in [0.2, 0.25) is 0 Å². The molecule has 0 saturated heterocycles. The summed E-state index contributed by atoms with van der Waals surface area (Å²) in [5.41, 5.74) is 4.73. The van der Waals surface area contributed by atoms with Crippen LogP contribution in [-0.4, -0.2) is 5.78 Å². The summed E-state index contributed by atoms with van der Waals surface area (Å²) in [6.07, 6.45) is 6.45. The average molecular weight is 300 g/mol. The highest BCUT2D eigenvalue weighted by molar-refractivity contribution is 6.00.